The molecule has 2 saturated heterocycles. The number of carbonyl (C=O) groups is 1. The lowest BCUT2D eigenvalue weighted by atomic mass is 10.00. The van der Waals surface area contributed by atoms with Crippen LogP contribution in [0, 0.1) is 0 Å². The second kappa shape index (κ2) is 5.99. The van der Waals surface area contributed by atoms with Crippen LogP contribution in [0.25, 0.3) is 0 Å². The Morgan fingerprint density at radius 2 is 2.00 bits per heavy atom. The molecule has 0 aromatic heterocycles. The Labute approximate surface area is 132 Å². The lowest BCUT2D eigenvalue weighted by Gasteiger charge is -2.42. The van der Waals surface area contributed by atoms with Crippen molar-refractivity contribution >= 4 is 5.91 Å². The number of ether oxygens (including phenoxy) is 1. The minimum Gasteiger partial charge on any atom is -0.369 e. The van der Waals surface area contributed by atoms with Gasteiger partial charge in [-0.1, -0.05) is 30.3 Å². The van der Waals surface area contributed by atoms with Crippen molar-refractivity contribution in [2.75, 3.05) is 13.1 Å². The molecule has 5 heteroatoms. The summed E-state index contributed by atoms with van der Waals surface area (Å²) < 4.78 is 5.88. The summed E-state index contributed by atoms with van der Waals surface area (Å²) in [5.74, 6) is 0.161. The SMILES string of the molecule is CC1CN(C(=O)C2CC(c3ccccc3)NN2)CC(C)(C)O1. The van der Waals surface area contributed by atoms with Crippen LogP contribution in [0.4, 0.5) is 0 Å². The Balaban J connectivity index is 1.64. The van der Waals surface area contributed by atoms with Crippen molar-refractivity contribution in [3.63, 3.8) is 0 Å². The zero-order chi connectivity index (χ0) is 15.7. The largest absolute Gasteiger partial charge is 0.369 e. The minimum absolute atomic E-state index is 0.0759. The number of nitrogens with one attached hydrogen (secondary N) is 2. The monoisotopic (exact) mass is 303 g/mol. The number of rotatable bonds is 2. The summed E-state index contributed by atoms with van der Waals surface area (Å²) in [5.41, 5.74) is 7.34. The first-order valence-corrected chi connectivity index (χ1v) is 7.97. The van der Waals surface area contributed by atoms with Gasteiger partial charge in [0.15, 0.2) is 0 Å². The summed E-state index contributed by atoms with van der Waals surface area (Å²) in [6.07, 6.45) is 0.849. The smallest absolute Gasteiger partial charge is 0.241 e. The lowest BCUT2D eigenvalue weighted by Crippen LogP contribution is -2.57. The van der Waals surface area contributed by atoms with Crippen LogP contribution in [0.1, 0.15) is 38.8 Å². The van der Waals surface area contributed by atoms with Crippen molar-refractivity contribution < 1.29 is 9.53 Å². The summed E-state index contributed by atoms with van der Waals surface area (Å²) in [4.78, 5) is 14.7. The van der Waals surface area contributed by atoms with Gasteiger partial charge in [0.05, 0.1) is 11.7 Å². The first-order valence-electron chi connectivity index (χ1n) is 7.97. The normalized spacial score (nSPS) is 31.2. The van der Waals surface area contributed by atoms with Crippen LogP contribution in [0.15, 0.2) is 30.3 Å². The van der Waals surface area contributed by atoms with E-state index in [1.165, 1.54) is 5.56 Å². The standard InChI is InChI=1S/C17H25N3O2/c1-12-10-20(11-17(2,3)22-12)16(21)15-9-14(18-19-15)13-7-5-4-6-8-13/h4-8,12,14-15,18-19H,9-11H2,1-3H3. The molecule has 1 amide bonds. The number of benzene rings is 1. The van der Waals surface area contributed by atoms with Crippen molar-refractivity contribution in [3.05, 3.63) is 35.9 Å². The molecule has 0 bridgehead atoms. The number of hydrazine groups is 1. The fourth-order valence-corrected chi connectivity index (χ4v) is 3.46. The topological polar surface area (TPSA) is 53.6 Å². The van der Waals surface area contributed by atoms with Crippen molar-refractivity contribution in [2.24, 2.45) is 0 Å². The quantitative estimate of drug-likeness (QED) is 0.872. The van der Waals surface area contributed by atoms with Crippen LogP contribution in [-0.2, 0) is 9.53 Å². The number of hydrogen-bond acceptors (Lipinski definition) is 4. The number of amides is 1. The van der Waals surface area contributed by atoms with Crippen LogP contribution >= 0.6 is 0 Å². The molecule has 2 fully saturated rings. The number of carbonyl (C=O) groups excluding carboxylic acids is 1. The fourth-order valence-electron chi connectivity index (χ4n) is 3.46. The molecule has 1 aromatic carbocycles. The Kier molecular flexibility index (Phi) is 4.21. The van der Waals surface area contributed by atoms with E-state index in [2.05, 4.69) is 23.0 Å². The van der Waals surface area contributed by atoms with Gasteiger partial charge in [0, 0.05) is 19.1 Å². The van der Waals surface area contributed by atoms with Gasteiger partial charge in [-0.25, -0.2) is 10.9 Å². The van der Waals surface area contributed by atoms with Gasteiger partial charge < -0.3 is 9.64 Å². The van der Waals surface area contributed by atoms with E-state index in [1.54, 1.807) is 0 Å². The Morgan fingerprint density at radius 1 is 1.27 bits per heavy atom. The van der Waals surface area contributed by atoms with Gasteiger partial charge in [0.2, 0.25) is 5.91 Å². The maximum absolute atomic E-state index is 12.8. The Bertz CT molecular complexity index is 532. The zero-order valence-electron chi connectivity index (χ0n) is 13.5. The maximum Gasteiger partial charge on any atom is 0.241 e. The highest BCUT2D eigenvalue weighted by Crippen LogP contribution is 2.25. The van der Waals surface area contributed by atoms with Crippen molar-refractivity contribution in [1.82, 2.24) is 15.8 Å². The first kappa shape index (κ1) is 15.5. The second-order valence-electron chi connectivity index (χ2n) is 6.95. The highest BCUT2D eigenvalue weighted by Gasteiger charge is 2.38. The molecule has 5 nitrogen and oxygen atoms in total. The predicted octanol–water partition coefficient (Wildman–Crippen LogP) is 1.62. The molecule has 2 heterocycles. The van der Waals surface area contributed by atoms with Crippen molar-refractivity contribution in [1.29, 1.82) is 0 Å². The van der Waals surface area contributed by atoms with Gasteiger partial charge in [0.1, 0.15) is 6.04 Å². The van der Waals surface area contributed by atoms with E-state index in [9.17, 15) is 4.79 Å². The molecule has 0 saturated carbocycles. The predicted molar refractivity (Wildman–Crippen MR) is 85.1 cm³/mol. The third-order valence-electron chi connectivity index (χ3n) is 4.28. The van der Waals surface area contributed by atoms with Crippen molar-refractivity contribution in [2.45, 2.75) is 51.0 Å². The number of morpholine rings is 1. The lowest BCUT2D eigenvalue weighted by molar-refractivity contribution is -0.159. The van der Waals surface area contributed by atoms with Gasteiger partial charge in [-0.05, 0) is 32.8 Å². The molecule has 0 radical (unpaired) electrons. The summed E-state index contributed by atoms with van der Waals surface area (Å²) in [6.45, 7) is 7.40. The van der Waals surface area contributed by atoms with Crippen LogP contribution < -0.4 is 10.9 Å². The number of nitrogens with zero attached hydrogens (tertiary/aromatic N) is 1. The second-order valence-corrected chi connectivity index (χ2v) is 6.95. The molecule has 3 rings (SSSR count). The molecule has 3 atom stereocenters. The Morgan fingerprint density at radius 3 is 2.68 bits per heavy atom. The average molecular weight is 303 g/mol. The molecule has 2 N–H and O–H groups in total. The molecule has 0 spiro atoms. The first-order chi connectivity index (χ1) is 10.4. The highest BCUT2D eigenvalue weighted by atomic mass is 16.5. The van der Waals surface area contributed by atoms with Gasteiger partial charge in [0.25, 0.3) is 0 Å². The third kappa shape index (κ3) is 3.32. The van der Waals surface area contributed by atoms with Crippen molar-refractivity contribution in [3.8, 4) is 0 Å². The van der Waals surface area contributed by atoms with E-state index in [0.29, 0.717) is 13.1 Å². The summed E-state index contributed by atoms with van der Waals surface area (Å²) >= 11 is 0. The van der Waals surface area contributed by atoms with E-state index in [1.807, 2.05) is 43.9 Å². The number of hydrogen-bond donors (Lipinski definition) is 2. The molecule has 1 aromatic rings. The van der Waals surface area contributed by atoms with Gasteiger partial charge in [-0.3, -0.25) is 4.79 Å². The van der Waals surface area contributed by atoms with Crippen LogP contribution in [-0.4, -0.2) is 41.6 Å². The van der Waals surface area contributed by atoms with E-state index < -0.39 is 0 Å². The molecule has 0 aliphatic carbocycles. The molecule has 22 heavy (non-hydrogen) atoms. The summed E-state index contributed by atoms with van der Waals surface area (Å²) in [5, 5.41) is 0. The van der Waals surface area contributed by atoms with Crippen LogP contribution in [0.3, 0.4) is 0 Å². The average Bonchev–Trinajstić information content (AvgIpc) is 2.95. The van der Waals surface area contributed by atoms with E-state index >= 15 is 0 Å². The fraction of sp³-hybridized carbons (Fsp3) is 0.588. The van der Waals surface area contributed by atoms with Gasteiger partial charge >= 0.3 is 0 Å². The summed E-state index contributed by atoms with van der Waals surface area (Å²) in [6, 6.07) is 10.2. The van der Waals surface area contributed by atoms with E-state index in [-0.39, 0.29) is 29.7 Å². The molecular weight excluding hydrogens is 278 g/mol. The molecular formula is C17H25N3O2. The molecule has 3 unspecified atom stereocenters. The molecule has 2 aliphatic rings. The van der Waals surface area contributed by atoms with Crippen LogP contribution in [0.5, 0.6) is 0 Å². The van der Waals surface area contributed by atoms with E-state index in [4.69, 9.17) is 4.74 Å². The minimum atomic E-state index is -0.280. The maximum atomic E-state index is 12.8. The van der Waals surface area contributed by atoms with Gasteiger partial charge in [-0.15, -0.1) is 0 Å². The highest BCUT2D eigenvalue weighted by molar-refractivity contribution is 5.82. The third-order valence-corrected chi connectivity index (χ3v) is 4.28. The Hall–Kier alpha value is -1.43. The van der Waals surface area contributed by atoms with Crippen LogP contribution in [0.2, 0.25) is 0 Å². The molecule has 120 valence electrons. The molecule has 2 aliphatic heterocycles. The van der Waals surface area contributed by atoms with Gasteiger partial charge in [-0.2, -0.15) is 0 Å². The zero-order valence-corrected chi connectivity index (χ0v) is 13.5. The van der Waals surface area contributed by atoms with E-state index in [0.717, 1.165) is 6.42 Å². The summed E-state index contributed by atoms with van der Waals surface area (Å²) in [7, 11) is 0.